The van der Waals surface area contributed by atoms with Crippen LogP contribution in [0.15, 0.2) is 60.8 Å². The molecular weight excluding hydrogens is 382 g/mol. The fourth-order valence-corrected chi connectivity index (χ4v) is 3.24. The van der Waals surface area contributed by atoms with Crippen LogP contribution >= 0.6 is 0 Å². The molecule has 2 amide bonds. The number of hydrogen-bond acceptors (Lipinski definition) is 5. The summed E-state index contributed by atoms with van der Waals surface area (Å²) in [6, 6.07) is 16.5. The topological polar surface area (TPSA) is 99.3 Å². The minimum absolute atomic E-state index is 0.191. The van der Waals surface area contributed by atoms with E-state index in [0.29, 0.717) is 16.9 Å². The number of amides is 2. The van der Waals surface area contributed by atoms with Crippen LogP contribution in [0.3, 0.4) is 0 Å². The number of hydrogen-bond donors (Lipinski definition) is 3. The molecule has 0 unspecified atom stereocenters. The number of nitrogens with zero attached hydrogens (tertiary/aromatic N) is 2. The molecule has 8 nitrogen and oxygen atoms in total. The summed E-state index contributed by atoms with van der Waals surface area (Å²) in [6.45, 7) is 4.24. The van der Waals surface area contributed by atoms with Crippen LogP contribution in [0.5, 0.6) is 0 Å². The Labute approximate surface area is 174 Å². The number of H-pyrrole nitrogens is 1. The minimum atomic E-state index is -0.378. The van der Waals surface area contributed by atoms with Crippen LogP contribution in [0.4, 0.5) is 11.4 Å². The summed E-state index contributed by atoms with van der Waals surface area (Å²) in [4.78, 5) is 27.3. The van der Waals surface area contributed by atoms with Crippen LogP contribution in [0, 0.1) is 0 Å². The second-order valence-electron chi connectivity index (χ2n) is 7.02. The third-order valence-electron chi connectivity index (χ3n) is 4.87. The van der Waals surface area contributed by atoms with E-state index in [1.165, 1.54) is 11.8 Å². The number of rotatable bonds is 6. The number of aromatic nitrogens is 2. The third-order valence-corrected chi connectivity index (χ3v) is 4.87. The first-order chi connectivity index (χ1) is 14.7. The van der Waals surface area contributed by atoms with Gasteiger partial charge in [-0.15, -0.1) is 0 Å². The molecule has 0 spiro atoms. The quantitative estimate of drug-likeness (QED) is 0.586. The molecule has 4 rings (SSSR count). The van der Waals surface area contributed by atoms with Gasteiger partial charge in [0, 0.05) is 30.9 Å². The molecule has 1 fully saturated rings. The van der Waals surface area contributed by atoms with E-state index in [1.54, 1.807) is 24.3 Å². The van der Waals surface area contributed by atoms with E-state index in [-0.39, 0.29) is 17.5 Å². The Kier molecular flexibility index (Phi) is 6.17. The van der Waals surface area contributed by atoms with Crippen molar-refractivity contribution in [2.45, 2.75) is 6.54 Å². The van der Waals surface area contributed by atoms with Gasteiger partial charge in [-0.1, -0.05) is 30.3 Å². The Hall–Kier alpha value is -3.49. The van der Waals surface area contributed by atoms with Gasteiger partial charge >= 0.3 is 0 Å². The molecule has 1 aliphatic rings. The zero-order valence-electron chi connectivity index (χ0n) is 16.4. The maximum atomic E-state index is 12.7. The molecule has 2 heterocycles. The predicted octanol–water partition coefficient (Wildman–Crippen LogP) is 2.75. The summed E-state index contributed by atoms with van der Waals surface area (Å²) in [6.07, 6.45) is 1.42. The molecule has 1 aliphatic heterocycles. The van der Waals surface area contributed by atoms with Crippen molar-refractivity contribution in [2.75, 3.05) is 36.9 Å². The summed E-state index contributed by atoms with van der Waals surface area (Å²) in [7, 11) is 0. The van der Waals surface area contributed by atoms with Crippen molar-refractivity contribution in [3.8, 4) is 0 Å². The normalized spacial score (nSPS) is 14.3. The Bertz CT molecular complexity index is 995. The van der Waals surface area contributed by atoms with E-state index in [4.69, 9.17) is 4.74 Å². The van der Waals surface area contributed by atoms with Crippen LogP contribution in [-0.2, 0) is 11.3 Å². The van der Waals surface area contributed by atoms with Crippen LogP contribution in [0.25, 0.3) is 0 Å². The lowest BCUT2D eigenvalue weighted by molar-refractivity contribution is 0.0342. The van der Waals surface area contributed by atoms with Crippen LogP contribution < -0.4 is 10.6 Å². The highest BCUT2D eigenvalue weighted by atomic mass is 16.5. The molecule has 3 N–H and O–H groups in total. The first-order valence-corrected chi connectivity index (χ1v) is 9.79. The van der Waals surface area contributed by atoms with Gasteiger partial charge in [0.15, 0.2) is 0 Å². The number of nitrogens with one attached hydrogen (secondary N) is 3. The standard InChI is InChI=1S/C22H23N5O3/c28-21(17-4-2-1-3-5-17)25-19-14-23-26-20(19)22(29)24-18-8-6-16(7-9-18)15-27-10-12-30-13-11-27/h1-9,14H,10-13,15H2,(H,23,26)(H,24,29)(H,25,28). The molecule has 1 aromatic heterocycles. The Morgan fingerprint density at radius 3 is 2.43 bits per heavy atom. The highest BCUT2D eigenvalue weighted by molar-refractivity contribution is 6.11. The lowest BCUT2D eigenvalue weighted by Crippen LogP contribution is -2.35. The fourth-order valence-electron chi connectivity index (χ4n) is 3.24. The molecule has 3 aromatic rings. The summed E-state index contributed by atoms with van der Waals surface area (Å²) in [5, 5.41) is 12.1. The molecule has 1 saturated heterocycles. The van der Waals surface area contributed by atoms with Gasteiger partial charge in [0.05, 0.1) is 25.1 Å². The molecule has 0 saturated carbocycles. The van der Waals surface area contributed by atoms with E-state index in [2.05, 4.69) is 25.7 Å². The summed E-state index contributed by atoms with van der Waals surface area (Å²) in [5.41, 5.74) is 2.86. The van der Waals surface area contributed by atoms with Gasteiger partial charge in [-0.25, -0.2) is 0 Å². The van der Waals surface area contributed by atoms with Crippen molar-refractivity contribution in [3.05, 3.63) is 77.6 Å². The number of aromatic amines is 1. The molecule has 154 valence electrons. The van der Waals surface area contributed by atoms with E-state index < -0.39 is 0 Å². The minimum Gasteiger partial charge on any atom is -0.379 e. The van der Waals surface area contributed by atoms with Gasteiger partial charge in [-0.2, -0.15) is 5.10 Å². The summed E-state index contributed by atoms with van der Waals surface area (Å²) >= 11 is 0. The first-order valence-electron chi connectivity index (χ1n) is 9.79. The van der Waals surface area contributed by atoms with E-state index in [1.807, 2.05) is 30.3 Å². The maximum absolute atomic E-state index is 12.7. The number of anilines is 2. The second kappa shape index (κ2) is 9.34. The van der Waals surface area contributed by atoms with Crippen LogP contribution in [0.2, 0.25) is 0 Å². The largest absolute Gasteiger partial charge is 0.379 e. The van der Waals surface area contributed by atoms with Crippen molar-refractivity contribution < 1.29 is 14.3 Å². The molecule has 0 bridgehead atoms. The van der Waals surface area contributed by atoms with Gasteiger partial charge in [0.2, 0.25) is 0 Å². The molecule has 0 atom stereocenters. The van der Waals surface area contributed by atoms with Crippen molar-refractivity contribution in [2.24, 2.45) is 0 Å². The van der Waals surface area contributed by atoms with Gasteiger partial charge in [0.1, 0.15) is 5.69 Å². The summed E-state index contributed by atoms with van der Waals surface area (Å²) < 4.78 is 5.37. The van der Waals surface area contributed by atoms with Crippen molar-refractivity contribution in [3.63, 3.8) is 0 Å². The molecule has 2 aromatic carbocycles. The molecule has 8 heteroatoms. The lowest BCUT2D eigenvalue weighted by atomic mass is 10.2. The maximum Gasteiger partial charge on any atom is 0.275 e. The second-order valence-corrected chi connectivity index (χ2v) is 7.02. The molecule has 0 aliphatic carbocycles. The zero-order valence-corrected chi connectivity index (χ0v) is 16.4. The van der Waals surface area contributed by atoms with Crippen molar-refractivity contribution >= 4 is 23.2 Å². The smallest absolute Gasteiger partial charge is 0.275 e. The van der Waals surface area contributed by atoms with Crippen molar-refractivity contribution in [1.82, 2.24) is 15.1 Å². The van der Waals surface area contributed by atoms with E-state index in [9.17, 15) is 9.59 Å². The SMILES string of the molecule is O=C(Nc1cn[nH]c1C(=O)Nc1ccc(CN2CCOCC2)cc1)c1ccccc1. The highest BCUT2D eigenvalue weighted by Gasteiger charge is 2.17. The van der Waals surface area contributed by atoms with Crippen LogP contribution in [-0.4, -0.2) is 53.2 Å². The first kappa shape index (κ1) is 19.8. The van der Waals surface area contributed by atoms with Gasteiger partial charge < -0.3 is 15.4 Å². The highest BCUT2D eigenvalue weighted by Crippen LogP contribution is 2.17. The summed E-state index contributed by atoms with van der Waals surface area (Å²) in [5.74, 6) is -0.685. The molecular formula is C22H23N5O3. The number of ether oxygens (including phenoxy) is 1. The monoisotopic (exact) mass is 405 g/mol. The Morgan fingerprint density at radius 1 is 0.967 bits per heavy atom. The van der Waals surface area contributed by atoms with Gasteiger partial charge in [-0.05, 0) is 29.8 Å². The number of benzene rings is 2. The Balaban J connectivity index is 1.37. The number of carbonyl (C=O) groups excluding carboxylic acids is 2. The lowest BCUT2D eigenvalue weighted by Gasteiger charge is -2.26. The van der Waals surface area contributed by atoms with E-state index >= 15 is 0 Å². The van der Waals surface area contributed by atoms with Crippen molar-refractivity contribution in [1.29, 1.82) is 0 Å². The van der Waals surface area contributed by atoms with Crippen LogP contribution in [0.1, 0.15) is 26.4 Å². The van der Waals surface area contributed by atoms with Gasteiger partial charge in [-0.3, -0.25) is 19.6 Å². The number of morpholine rings is 1. The molecule has 30 heavy (non-hydrogen) atoms. The van der Waals surface area contributed by atoms with Gasteiger partial charge in [0.25, 0.3) is 11.8 Å². The van der Waals surface area contributed by atoms with E-state index in [0.717, 1.165) is 32.8 Å². The third kappa shape index (κ3) is 4.91. The Morgan fingerprint density at radius 2 is 1.70 bits per heavy atom. The predicted molar refractivity (Wildman–Crippen MR) is 113 cm³/mol. The zero-order chi connectivity index (χ0) is 20.8. The average Bonchev–Trinajstić information content (AvgIpc) is 3.25. The average molecular weight is 405 g/mol. The fraction of sp³-hybridized carbons (Fsp3) is 0.227. The molecule has 0 radical (unpaired) electrons. The number of carbonyl (C=O) groups is 2.